The number of anilines is 2. The number of benzene rings is 5. The minimum atomic E-state index is -5.04. The molecule has 4 N–H and O–H groups in total. The van der Waals surface area contributed by atoms with Crippen molar-refractivity contribution in [2.45, 2.75) is 52.9 Å². The lowest BCUT2D eigenvalue weighted by molar-refractivity contribution is 0.478. The second kappa shape index (κ2) is 16.2. The lowest BCUT2D eigenvalue weighted by Gasteiger charge is -2.26. The van der Waals surface area contributed by atoms with Gasteiger partial charge in [0.05, 0.1) is 14.7 Å². The Morgan fingerprint density at radius 1 is 0.455 bits per heavy atom. The molecule has 0 spiro atoms. The molecule has 0 aliphatic carbocycles. The van der Waals surface area contributed by atoms with Gasteiger partial charge in [-0.15, -0.1) is 0 Å². The van der Waals surface area contributed by atoms with Gasteiger partial charge in [-0.2, -0.15) is 33.7 Å². The van der Waals surface area contributed by atoms with E-state index >= 15 is 0 Å². The van der Waals surface area contributed by atoms with E-state index in [9.17, 15) is 51.9 Å². The van der Waals surface area contributed by atoms with Gasteiger partial charge in [-0.05, 0) is 109 Å². The molecule has 0 aliphatic rings. The number of hydrogen-bond acceptors (Lipinski definition) is 10. The maximum absolute atomic E-state index is 12.7. The van der Waals surface area contributed by atoms with Crippen molar-refractivity contribution in [2.24, 2.45) is 0 Å². The van der Waals surface area contributed by atoms with Gasteiger partial charge < -0.3 is 9.80 Å². The average Bonchev–Trinajstić information content (AvgIpc) is 3.12. The van der Waals surface area contributed by atoms with Gasteiger partial charge >= 0.3 is 0 Å². The van der Waals surface area contributed by atoms with Crippen LogP contribution in [-0.2, 0) is 60.0 Å². The van der Waals surface area contributed by atoms with Crippen LogP contribution in [0.1, 0.15) is 36.1 Å². The van der Waals surface area contributed by atoms with E-state index in [1.165, 1.54) is 36.4 Å². The van der Waals surface area contributed by atoms with Crippen molar-refractivity contribution in [3.8, 4) is 11.1 Å². The zero-order valence-electron chi connectivity index (χ0n) is 29.5. The van der Waals surface area contributed by atoms with Crippen molar-refractivity contribution in [2.75, 3.05) is 22.9 Å². The fourth-order valence-electron chi connectivity index (χ4n) is 6.13. The number of rotatable bonds is 15. The SMILES string of the molecule is CCN(Cc1cccc(S(=O)(=O)O)c1)c1ccc(Cc2ccc(N(CC)Cc3cccc(S(=O)(=O)O)c3)cc2-c2ccc(S(=O)(=O)O)cc2S(=O)(=O)O)cc1. The molecule has 0 unspecified atom stereocenters. The van der Waals surface area contributed by atoms with E-state index < -0.39 is 50.3 Å². The molecule has 0 bridgehead atoms. The summed E-state index contributed by atoms with van der Waals surface area (Å²) in [7, 11) is -18.7. The van der Waals surface area contributed by atoms with Crippen molar-refractivity contribution >= 4 is 51.8 Å². The summed E-state index contributed by atoms with van der Waals surface area (Å²) in [4.78, 5) is 1.86. The van der Waals surface area contributed by atoms with Crippen LogP contribution in [0.2, 0.25) is 0 Å². The first-order valence-corrected chi connectivity index (χ1v) is 22.4. The Bertz CT molecular complexity index is 2670. The quantitative estimate of drug-likeness (QED) is 0.0891. The van der Waals surface area contributed by atoms with Gasteiger partial charge in [0.15, 0.2) is 0 Å². The van der Waals surface area contributed by atoms with Gasteiger partial charge in [-0.3, -0.25) is 18.2 Å². The molecular weight excluding hydrogens is 793 g/mol. The van der Waals surface area contributed by atoms with Crippen LogP contribution in [-0.4, -0.2) is 65.0 Å². The summed E-state index contributed by atoms with van der Waals surface area (Å²) in [6.07, 6.45) is 0.242. The predicted octanol–water partition coefficient (Wildman–Crippen LogP) is 5.98. The lowest BCUT2D eigenvalue weighted by Crippen LogP contribution is -2.22. The lowest BCUT2D eigenvalue weighted by atomic mass is 9.93. The molecule has 0 saturated carbocycles. The number of nitrogens with zero attached hydrogens (tertiary/aromatic N) is 2. The summed E-state index contributed by atoms with van der Waals surface area (Å²) in [6.45, 7) is 5.26. The Balaban J connectivity index is 1.55. The summed E-state index contributed by atoms with van der Waals surface area (Å²) in [5.41, 5.74) is 4.22. The molecule has 5 aromatic carbocycles. The molecule has 0 saturated heterocycles. The molecular formula is C37H38N2O12S4. The molecule has 0 fully saturated rings. The highest BCUT2D eigenvalue weighted by Gasteiger charge is 2.24. The van der Waals surface area contributed by atoms with Crippen molar-refractivity contribution in [3.05, 3.63) is 131 Å². The molecule has 0 aliphatic heterocycles. The molecule has 0 atom stereocenters. The zero-order chi connectivity index (χ0) is 40.3. The normalized spacial score (nSPS) is 12.4. The molecule has 0 amide bonds. The largest absolute Gasteiger partial charge is 0.367 e. The zero-order valence-corrected chi connectivity index (χ0v) is 32.8. The molecule has 18 heteroatoms. The van der Waals surface area contributed by atoms with Crippen molar-refractivity contribution in [1.82, 2.24) is 0 Å². The Labute approximate surface area is 320 Å². The minimum Gasteiger partial charge on any atom is -0.367 e. The van der Waals surface area contributed by atoms with Crippen LogP contribution in [0.5, 0.6) is 0 Å². The van der Waals surface area contributed by atoms with Crippen LogP contribution in [0.25, 0.3) is 11.1 Å². The third kappa shape index (κ3) is 10.4. The standard InChI is InChI=1S/C37H38N2O12S4/c1-3-38(24-27-7-5-9-32(20-27)52(40,41)42)30-14-11-26(12-15-30)19-29-13-16-31(39(4-2)25-28-8-6-10-33(21-28)53(43,44)45)22-36(29)35-18-17-34(54(46,47)48)23-37(35)55(49,50)51/h5-18,20-23H,3-4,19,24-25H2,1-2H3,(H,40,41,42)(H,43,44,45)(H,46,47,48)(H,49,50,51). The number of hydrogen-bond donors (Lipinski definition) is 4. The third-order valence-electron chi connectivity index (χ3n) is 8.88. The van der Waals surface area contributed by atoms with Gasteiger partial charge in [0, 0.05) is 43.1 Å². The molecule has 0 heterocycles. The average molecular weight is 831 g/mol. The molecule has 292 valence electrons. The van der Waals surface area contributed by atoms with E-state index in [1.807, 2.05) is 47.9 Å². The van der Waals surface area contributed by atoms with E-state index in [0.29, 0.717) is 53.6 Å². The first-order valence-electron chi connectivity index (χ1n) is 16.6. The summed E-state index contributed by atoms with van der Waals surface area (Å²) in [6, 6.07) is 27.3. The Hall–Kier alpha value is -4.66. The predicted molar refractivity (Wildman–Crippen MR) is 207 cm³/mol. The molecule has 55 heavy (non-hydrogen) atoms. The van der Waals surface area contributed by atoms with Crippen LogP contribution < -0.4 is 9.80 Å². The topological polar surface area (TPSA) is 224 Å². The fourth-order valence-corrected chi connectivity index (χ4v) is 8.55. The fraction of sp³-hybridized carbons (Fsp3) is 0.189. The molecule has 0 aromatic heterocycles. The van der Waals surface area contributed by atoms with Gasteiger partial charge in [0.25, 0.3) is 40.5 Å². The van der Waals surface area contributed by atoms with Gasteiger partial charge in [0.2, 0.25) is 0 Å². The minimum absolute atomic E-state index is 0.0444. The van der Waals surface area contributed by atoms with Crippen molar-refractivity contribution in [1.29, 1.82) is 0 Å². The van der Waals surface area contributed by atoms with Crippen molar-refractivity contribution in [3.63, 3.8) is 0 Å². The van der Waals surface area contributed by atoms with Gasteiger partial charge in [-0.25, -0.2) is 0 Å². The maximum atomic E-state index is 12.7. The van der Waals surface area contributed by atoms with E-state index in [0.717, 1.165) is 17.3 Å². The van der Waals surface area contributed by atoms with E-state index in [1.54, 1.807) is 36.4 Å². The highest BCUT2D eigenvalue weighted by Crippen LogP contribution is 2.36. The maximum Gasteiger partial charge on any atom is 0.295 e. The van der Waals surface area contributed by atoms with Gasteiger partial charge in [0.1, 0.15) is 4.90 Å². The monoisotopic (exact) mass is 830 g/mol. The van der Waals surface area contributed by atoms with Gasteiger partial charge in [-0.1, -0.05) is 48.5 Å². The molecule has 14 nitrogen and oxygen atoms in total. The summed E-state index contributed by atoms with van der Waals surface area (Å²) >= 11 is 0. The first kappa shape index (κ1) is 41.5. The summed E-state index contributed by atoms with van der Waals surface area (Å²) in [5, 5.41) is 0. The van der Waals surface area contributed by atoms with E-state index in [4.69, 9.17) is 0 Å². The summed E-state index contributed by atoms with van der Waals surface area (Å²) < 4.78 is 135. The summed E-state index contributed by atoms with van der Waals surface area (Å²) in [5.74, 6) is 0. The smallest absolute Gasteiger partial charge is 0.295 e. The second-order valence-electron chi connectivity index (χ2n) is 12.6. The molecule has 5 aromatic rings. The van der Waals surface area contributed by atoms with Crippen LogP contribution >= 0.6 is 0 Å². The second-order valence-corrected chi connectivity index (χ2v) is 18.2. The Kier molecular flexibility index (Phi) is 12.2. The Morgan fingerprint density at radius 2 is 0.927 bits per heavy atom. The highest BCUT2D eigenvalue weighted by molar-refractivity contribution is 7.87. The van der Waals surface area contributed by atoms with Crippen molar-refractivity contribution < 1.29 is 51.9 Å². The molecule has 5 rings (SSSR count). The van der Waals surface area contributed by atoms with Crippen LogP contribution in [0.15, 0.2) is 129 Å². The molecule has 0 radical (unpaired) electrons. The van der Waals surface area contributed by atoms with Crippen LogP contribution in [0.4, 0.5) is 11.4 Å². The van der Waals surface area contributed by atoms with Crippen LogP contribution in [0.3, 0.4) is 0 Å². The first-order chi connectivity index (χ1) is 25.7. The van der Waals surface area contributed by atoms with E-state index in [2.05, 4.69) is 0 Å². The third-order valence-corrected chi connectivity index (χ3v) is 12.3. The van der Waals surface area contributed by atoms with Crippen LogP contribution in [0, 0.1) is 0 Å². The highest BCUT2D eigenvalue weighted by atomic mass is 32.2. The Morgan fingerprint density at radius 3 is 1.40 bits per heavy atom. The van der Waals surface area contributed by atoms with E-state index in [-0.39, 0.29) is 28.3 Å².